The number of hydrogen-bond acceptors (Lipinski definition) is 3. The summed E-state index contributed by atoms with van der Waals surface area (Å²) >= 11 is 0. The van der Waals surface area contributed by atoms with Gasteiger partial charge in [0.15, 0.2) is 0 Å². The lowest BCUT2D eigenvalue weighted by Crippen LogP contribution is -2.58. The van der Waals surface area contributed by atoms with E-state index in [1.54, 1.807) is 0 Å². The Bertz CT molecular complexity index is 582. The number of aliphatic hydroxyl groups excluding tert-OH is 2. The van der Waals surface area contributed by atoms with E-state index >= 15 is 0 Å². The molecule has 3 nitrogen and oxygen atoms in total. The van der Waals surface area contributed by atoms with E-state index in [1.807, 2.05) is 6.08 Å². The van der Waals surface area contributed by atoms with Crippen LogP contribution in [0.1, 0.15) is 71.6 Å². The number of carbonyl (C=O) groups is 1. The zero-order valence-corrected chi connectivity index (χ0v) is 15.8. The Kier molecular flexibility index (Phi) is 4.39. The quantitative estimate of drug-likeness (QED) is 0.709. The first-order valence-electron chi connectivity index (χ1n) is 10.4. The van der Waals surface area contributed by atoms with Gasteiger partial charge in [0.25, 0.3) is 0 Å². The Hall–Kier alpha value is -0.670. The highest BCUT2D eigenvalue weighted by atomic mass is 16.3. The Morgan fingerprint density at radius 3 is 2.76 bits per heavy atom. The lowest BCUT2D eigenvalue weighted by atomic mass is 9.42. The van der Waals surface area contributed by atoms with Gasteiger partial charge in [0.2, 0.25) is 0 Å². The van der Waals surface area contributed by atoms with Crippen LogP contribution in [0.25, 0.3) is 0 Å². The van der Waals surface area contributed by atoms with Crippen LogP contribution in [-0.4, -0.2) is 28.7 Å². The molecule has 0 aromatic rings. The number of aliphatic hydroxyl groups is 2. The monoisotopic (exact) mass is 346 g/mol. The zero-order valence-electron chi connectivity index (χ0n) is 15.8. The maximum absolute atomic E-state index is 13.4. The van der Waals surface area contributed by atoms with Crippen LogP contribution in [0.15, 0.2) is 11.6 Å². The fraction of sp³-hybridized carbons (Fsp3) is 0.864. The van der Waals surface area contributed by atoms with Gasteiger partial charge in [-0.2, -0.15) is 0 Å². The topological polar surface area (TPSA) is 57.5 Å². The summed E-state index contributed by atoms with van der Waals surface area (Å²) in [5.74, 6) is 2.28. The molecule has 0 amide bonds. The predicted octanol–water partition coefficient (Wildman–Crippen LogP) is 3.88. The minimum absolute atomic E-state index is 0.0311. The normalized spacial score (nSPS) is 51.6. The van der Waals surface area contributed by atoms with E-state index in [9.17, 15) is 15.0 Å². The maximum Gasteiger partial charge on any atom is 0.137 e. The molecule has 2 N–H and O–H groups in total. The molecule has 0 heterocycles. The number of Topliss-reactive ketones (excluding diaryl/α,β-unsaturated/α-hetero) is 1. The summed E-state index contributed by atoms with van der Waals surface area (Å²) in [5.41, 5.74) is 1.40. The van der Waals surface area contributed by atoms with Crippen LogP contribution in [0.2, 0.25) is 0 Å². The van der Waals surface area contributed by atoms with Crippen LogP contribution in [0.3, 0.4) is 0 Å². The van der Waals surface area contributed by atoms with Crippen LogP contribution in [0.5, 0.6) is 0 Å². The van der Waals surface area contributed by atoms with E-state index in [0.29, 0.717) is 30.0 Å². The number of ketones is 1. The smallest absolute Gasteiger partial charge is 0.137 e. The third kappa shape index (κ3) is 2.56. The molecular weight excluding hydrogens is 312 g/mol. The number of carbonyl (C=O) groups excluding carboxylic acids is 1. The van der Waals surface area contributed by atoms with Crippen molar-refractivity contribution in [2.45, 2.75) is 77.7 Å². The second-order valence-electron chi connectivity index (χ2n) is 9.82. The predicted molar refractivity (Wildman–Crippen MR) is 97.9 cm³/mol. The van der Waals surface area contributed by atoms with Gasteiger partial charge >= 0.3 is 0 Å². The molecule has 25 heavy (non-hydrogen) atoms. The minimum Gasteiger partial charge on any atom is -0.393 e. The van der Waals surface area contributed by atoms with E-state index < -0.39 is 0 Å². The average Bonchev–Trinajstić information content (AvgIpc) is 2.56. The van der Waals surface area contributed by atoms with Gasteiger partial charge in [0, 0.05) is 12.3 Å². The molecule has 4 fully saturated rings. The molecular formula is C22H34O3. The van der Waals surface area contributed by atoms with Gasteiger partial charge in [0.05, 0.1) is 12.7 Å². The summed E-state index contributed by atoms with van der Waals surface area (Å²) < 4.78 is 0. The van der Waals surface area contributed by atoms with Crippen LogP contribution < -0.4 is 0 Å². The summed E-state index contributed by atoms with van der Waals surface area (Å²) in [6, 6.07) is 0. The standard InChI is InChI=1S/C22H34O3/c1-21-10-8-16(24)12-15(21)6-7-17-18-5-3-4-14(9-11-23)22(18,2)13-19(25)20(17)21/h9,15-18,20,23-24H,3-8,10-13H2,1-2H3/b14-9-/t15-,16-,17-,18+,20+,21+,22-/m0/s1. The summed E-state index contributed by atoms with van der Waals surface area (Å²) in [6.45, 7) is 4.75. The fourth-order valence-corrected chi connectivity index (χ4v) is 7.55. The summed E-state index contributed by atoms with van der Waals surface area (Å²) in [6.07, 6.45) is 11.1. The number of allylic oxidation sites excluding steroid dienone is 1. The van der Waals surface area contributed by atoms with Gasteiger partial charge in [-0.25, -0.2) is 0 Å². The first-order chi connectivity index (χ1) is 11.9. The van der Waals surface area contributed by atoms with Gasteiger partial charge in [-0.3, -0.25) is 4.79 Å². The Morgan fingerprint density at radius 1 is 1.20 bits per heavy atom. The van der Waals surface area contributed by atoms with Crippen molar-refractivity contribution in [1.29, 1.82) is 0 Å². The van der Waals surface area contributed by atoms with Crippen molar-refractivity contribution in [3.63, 3.8) is 0 Å². The van der Waals surface area contributed by atoms with E-state index in [0.717, 1.165) is 32.1 Å². The molecule has 3 heteroatoms. The molecule has 0 aromatic carbocycles. The maximum atomic E-state index is 13.4. The highest BCUT2D eigenvalue weighted by Gasteiger charge is 2.61. The number of hydrogen-bond donors (Lipinski definition) is 2. The van der Waals surface area contributed by atoms with Gasteiger partial charge in [-0.1, -0.05) is 25.5 Å². The van der Waals surface area contributed by atoms with Crippen LogP contribution in [0, 0.1) is 34.5 Å². The van der Waals surface area contributed by atoms with E-state index in [4.69, 9.17) is 0 Å². The van der Waals surface area contributed by atoms with E-state index in [-0.39, 0.29) is 29.5 Å². The van der Waals surface area contributed by atoms with Gasteiger partial charge in [-0.05, 0) is 80.0 Å². The summed E-state index contributed by atoms with van der Waals surface area (Å²) in [7, 11) is 0. The van der Waals surface area contributed by atoms with Crippen LogP contribution >= 0.6 is 0 Å². The second-order valence-corrected chi connectivity index (χ2v) is 9.82. The molecule has 4 rings (SSSR count). The van der Waals surface area contributed by atoms with Crippen molar-refractivity contribution in [2.24, 2.45) is 34.5 Å². The van der Waals surface area contributed by atoms with E-state index in [1.165, 1.54) is 24.8 Å². The largest absolute Gasteiger partial charge is 0.393 e. The Balaban J connectivity index is 1.69. The minimum atomic E-state index is -0.160. The molecule has 4 aliphatic rings. The highest BCUT2D eigenvalue weighted by molar-refractivity contribution is 5.84. The SMILES string of the molecule is C[C@@]12CC[C@H](O)C[C@@H]1CC[C@H]1[C@H]3CCC/C(=C/CO)[C@]3(C)CC(=O)[C@@H]12. The summed E-state index contributed by atoms with van der Waals surface area (Å²) in [4.78, 5) is 13.4. The van der Waals surface area contributed by atoms with Gasteiger partial charge in [0.1, 0.15) is 5.78 Å². The Morgan fingerprint density at radius 2 is 2.00 bits per heavy atom. The lowest BCUT2D eigenvalue weighted by molar-refractivity contribution is -0.161. The first-order valence-corrected chi connectivity index (χ1v) is 10.4. The van der Waals surface area contributed by atoms with Gasteiger partial charge in [-0.15, -0.1) is 0 Å². The van der Waals surface area contributed by atoms with Crippen molar-refractivity contribution in [3.8, 4) is 0 Å². The molecule has 0 bridgehead atoms. The van der Waals surface area contributed by atoms with Gasteiger partial charge < -0.3 is 10.2 Å². The van der Waals surface area contributed by atoms with Crippen molar-refractivity contribution in [2.75, 3.05) is 6.61 Å². The third-order valence-electron chi connectivity index (χ3n) is 8.75. The van der Waals surface area contributed by atoms with Crippen LogP contribution in [-0.2, 0) is 4.79 Å². The molecule has 4 aliphatic carbocycles. The Labute approximate surface area is 151 Å². The third-order valence-corrected chi connectivity index (χ3v) is 8.75. The van der Waals surface area contributed by atoms with Crippen molar-refractivity contribution >= 4 is 5.78 Å². The number of fused-ring (bicyclic) bond motifs is 5. The molecule has 0 aliphatic heterocycles. The molecule has 4 saturated carbocycles. The van der Waals surface area contributed by atoms with Crippen molar-refractivity contribution < 1.29 is 15.0 Å². The van der Waals surface area contributed by atoms with Crippen LogP contribution in [0.4, 0.5) is 0 Å². The highest BCUT2D eigenvalue weighted by Crippen LogP contribution is 2.65. The molecule has 140 valence electrons. The molecule has 0 saturated heterocycles. The fourth-order valence-electron chi connectivity index (χ4n) is 7.55. The first kappa shape index (κ1) is 17.7. The molecule has 0 radical (unpaired) electrons. The lowest BCUT2D eigenvalue weighted by Gasteiger charge is -2.61. The zero-order chi connectivity index (χ0) is 17.8. The number of rotatable bonds is 1. The van der Waals surface area contributed by atoms with E-state index in [2.05, 4.69) is 13.8 Å². The molecule has 0 spiro atoms. The molecule has 0 unspecified atom stereocenters. The average molecular weight is 347 g/mol. The van der Waals surface area contributed by atoms with Crippen molar-refractivity contribution in [1.82, 2.24) is 0 Å². The second kappa shape index (κ2) is 6.20. The molecule has 7 atom stereocenters. The van der Waals surface area contributed by atoms with Crippen molar-refractivity contribution in [3.05, 3.63) is 11.6 Å². The molecule has 0 aromatic heterocycles. The summed E-state index contributed by atoms with van der Waals surface area (Å²) in [5, 5.41) is 19.6.